The van der Waals surface area contributed by atoms with E-state index in [1.807, 2.05) is 6.20 Å². The molecule has 0 fully saturated rings. The first-order chi connectivity index (χ1) is 21.5. The number of hydrogen-bond acceptors (Lipinski definition) is 1. The number of fused-ring (bicyclic) bond motifs is 4. The molecule has 4 nitrogen and oxygen atoms in total. The number of hydrogen-bond donors (Lipinski definition) is 0. The fourth-order valence-corrected chi connectivity index (χ4v) is 8.99. The van der Waals surface area contributed by atoms with E-state index in [0.717, 1.165) is 11.4 Å². The number of rotatable bonds is 5. The van der Waals surface area contributed by atoms with E-state index in [2.05, 4.69) is 174 Å². The Hall–Kier alpha value is -5.26. The topological polar surface area (TPSA) is 26.6 Å². The molecule has 0 saturated carbocycles. The maximum Gasteiger partial charge on any atom is 0.249 e. The van der Waals surface area contributed by atoms with E-state index in [9.17, 15) is 0 Å². The predicted octanol–water partition coefficient (Wildman–Crippen LogP) is 7.44. The van der Waals surface area contributed by atoms with Crippen LogP contribution < -0.4 is 14.9 Å². The molecule has 0 spiro atoms. The standard InChI is InChI=1S/C39H33N4Si/c1-41-27-42(37-19-10-9-18-36(37)41)30-14-11-15-31(25-30)44(2,3)32-20-21-34-33-16-7-8-17-35(33)43(38(34)26-32)39-24-29(22-23-40-39)28-12-5-4-6-13-28/h4-27H,1-3H3/q+1. The Balaban J connectivity index is 1.28. The Kier molecular flexibility index (Phi) is 6.10. The highest BCUT2D eigenvalue weighted by Crippen LogP contribution is 2.32. The van der Waals surface area contributed by atoms with Crippen molar-refractivity contribution in [3.63, 3.8) is 0 Å². The van der Waals surface area contributed by atoms with Gasteiger partial charge in [0.2, 0.25) is 6.33 Å². The molecule has 0 saturated heterocycles. The minimum atomic E-state index is -2.09. The van der Waals surface area contributed by atoms with Crippen LogP contribution in [-0.4, -0.2) is 22.2 Å². The van der Waals surface area contributed by atoms with Crippen molar-refractivity contribution in [1.82, 2.24) is 14.1 Å². The Labute approximate surface area is 258 Å². The summed E-state index contributed by atoms with van der Waals surface area (Å²) in [5, 5.41) is 5.30. The lowest BCUT2D eigenvalue weighted by atomic mass is 10.1. The van der Waals surface area contributed by atoms with Crippen molar-refractivity contribution in [2.45, 2.75) is 13.1 Å². The maximum absolute atomic E-state index is 4.90. The second-order valence-electron chi connectivity index (χ2n) is 12.1. The summed E-state index contributed by atoms with van der Waals surface area (Å²) in [5.41, 5.74) is 8.34. The first-order valence-electron chi connectivity index (χ1n) is 15.1. The monoisotopic (exact) mass is 585 g/mol. The van der Waals surface area contributed by atoms with Crippen molar-refractivity contribution >= 4 is 51.3 Å². The van der Waals surface area contributed by atoms with Crippen LogP contribution in [0.15, 0.2) is 146 Å². The second-order valence-corrected chi connectivity index (χ2v) is 16.5. The zero-order chi connectivity index (χ0) is 29.8. The van der Waals surface area contributed by atoms with Gasteiger partial charge in [0.15, 0.2) is 11.0 Å². The van der Waals surface area contributed by atoms with Crippen LogP contribution in [0, 0.1) is 0 Å². The van der Waals surface area contributed by atoms with Crippen molar-refractivity contribution in [2.24, 2.45) is 7.05 Å². The summed E-state index contributed by atoms with van der Waals surface area (Å²) < 4.78 is 6.83. The van der Waals surface area contributed by atoms with Crippen molar-refractivity contribution in [3.8, 4) is 22.6 Å². The van der Waals surface area contributed by atoms with E-state index in [1.54, 1.807) is 0 Å². The van der Waals surface area contributed by atoms with Crippen LogP contribution in [0.5, 0.6) is 0 Å². The average molecular weight is 586 g/mol. The number of para-hydroxylation sites is 3. The molecule has 8 aromatic rings. The lowest BCUT2D eigenvalue weighted by molar-refractivity contribution is -0.645. The van der Waals surface area contributed by atoms with Gasteiger partial charge in [-0.15, -0.1) is 0 Å². The molecule has 0 aliphatic rings. The smallest absolute Gasteiger partial charge is 0.249 e. The summed E-state index contributed by atoms with van der Waals surface area (Å²) in [4.78, 5) is 4.90. The molecule has 44 heavy (non-hydrogen) atoms. The van der Waals surface area contributed by atoms with E-state index >= 15 is 0 Å². The van der Waals surface area contributed by atoms with Crippen molar-refractivity contribution in [2.75, 3.05) is 0 Å². The maximum atomic E-state index is 4.90. The molecule has 0 aliphatic heterocycles. The van der Waals surface area contributed by atoms with Gasteiger partial charge < -0.3 is 0 Å². The first-order valence-corrected chi connectivity index (χ1v) is 18.1. The molecular formula is C39H33N4Si+. The third-order valence-corrected chi connectivity index (χ3v) is 12.6. The second kappa shape index (κ2) is 10.2. The highest BCUT2D eigenvalue weighted by atomic mass is 28.3. The van der Waals surface area contributed by atoms with Crippen LogP contribution >= 0.6 is 0 Å². The Morgan fingerprint density at radius 2 is 1.32 bits per heavy atom. The summed E-state index contributed by atoms with van der Waals surface area (Å²) in [6.45, 7) is 4.92. The van der Waals surface area contributed by atoms with Gasteiger partial charge in [0.25, 0.3) is 0 Å². The molecule has 0 radical (unpaired) electrons. The van der Waals surface area contributed by atoms with Gasteiger partial charge in [-0.1, -0.05) is 108 Å². The van der Waals surface area contributed by atoms with Crippen LogP contribution in [0.25, 0.3) is 55.5 Å². The van der Waals surface area contributed by atoms with Crippen molar-refractivity contribution in [3.05, 3.63) is 146 Å². The van der Waals surface area contributed by atoms with Gasteiger partial charge in [0, 0.05) is 17.0 Å². The summed E-state index contributed by atoms with van der Waals surface area (Å²) in [5.74, 6) is 0.934. The minimum absolute atomic E-state index is 0.934. The summed E-state index contributed by atoms with van der Waals surface area (Å²) >= 11 is 0. The van der Waals surface area contributed by atoms with Gasteiger partial charge in [-0.25, -0.2) is 9.55 Å². The van der Waals surface area contributed by atoms with Crippen molar-refractivity contribution < 1.29 is 4.57 Å². The van der Waals surface area contributed by atoms with Crippen LogP contribution in [0.4, 0.5) is 0 Å². The minimum Gasteiger partial charge on any atom is -0.294 e. The van der Waals surface area contributed by atoms with Gasteiger partial charge >= 0.3 is 0 Å². The highest BCUT2D eigenvalue weighted by Gasteiger charge is 2.28. The molecule has 3 aromatic heterocycles. The van der Waals surface area contributed by atoms with Gasteiger partial charge in [0.1, 0.15) is 19.6 Å². The molecule has 0 aliphatic carbocycles. The van der Waals surface area contributed by atoms with Gasteiger partial charge in [-0.2, -0.15) is 4.57 Å². The van der Waals surface area contributed by atoms with E-state index in [0.29, 0.717) is 0 Å². The van der Waals surface area contributed by atoms with E-state index in [1.165, 1.54) is 54.5 Å². The quantitative estimate of drug-likeness (QED) is 0.152. The Morgan fingerprint density at radius 3 is 2.18 bits per heavy atom. The molecule has 212 valence electrons. The molecular weight excluding hydrogens is 553 g/mol. The number of imidazole rings is 1. The molecule has 0 atom stereocenters. The predicted molar refractivity (Wildman–Crippen MR) is 185 cm³/mol. The van der Waals surface area contributed by atoms with E-state index < -0.39 is 8.07 Å². The molecule has 0 unspecified atom stereocenters. The molecule has 0 bridgehead atoms. The zero-order valence-corrected chi connectivity index (χ0v) is 26.1. The largest absolute Gasteiger partial charge is 0.294 e. The fourth-order valence-electron chi connectivity index (χ4n) is 6.64. The molecule has 0 amide bonds. The Bertz CT molecular complexity index is 2330. The summed E-state index contributed by atoms with van der Waals surface area (Å²) in [7, 11) is 0.0232. The molecule has 3 heterocycles. The number of benzene rings is 5. The van der Waals surface area contributed by atoms with Gasteiger partial charge in [0.05, 0.1) is 18.1 Å². The normalized spacial score (nSPS) is 12.0. The number of aromatic nitrogens is 4. The first kappa shape index (κ1) is 26.4. The molecule has 0 N–H and O–H groups in total. The van der Waals surface area contributed by atoms with Gasteiger partial charge in [-0.05, 0) is 59.7 Å². The average Bonchev–Trinajstić information content (AvgIpc) is 3.59. The highest BCUT2D eigenvalue weighted by molar-refractivity contribution is 7.00. The molecule has 5 heteroatoms. The van der Waals surface area contributed by atoms with Crippen LogP contribution in [0.1, 0.15) is 0 Å². The SMILES string of the molecule is C[n+]1cn(-c2cccc([Si](C)(C)c3ccc4c5ccccc5n(-c5cc(-c6ccccc6)ccn5)c4c3)c2)c2ccccc21. The van der Waals surface area contributed by atoms with Crippen molar-refractivity contribution in [1.29, 1.82) is 0 Å². The lowest BCUT2D eigenvalue weighted by Gasteiger charge is -2.24. The number of aryl methyl sites for hydroxylation is 1. The lowest BCUT2D eigenvalue weighted by Crippen LogP contribution is -2.52. The van der Waals surface area contributed by atoms with Crippen LogP contribution in [0.2, 0.25) is 13.1 Å². The number of pyridine rings is 1. The van der Waals surface area contributed by atoms with E-state index in [-0.39, 0.29) is 0 Å². The van der Waals surface area contributed by atoms with E-state index in [4.69, 9.17) is 4.98 Å². The zero-order valence-electron chi connectivity index (χ0n) is 25.1. The summed E-state index contributed by atoms with van der Waals surface area (Å²) in [6.07, 6.45) is 4.11. The van der Waals surface area contributed by atoms with Crippen LogP contribution in [-0.2, 0) is 7.05 Å². The third-order valence-electron chi connectivity index (χ3n) is 9.13. The molecule has 5 aromatic carbocycles. The third kappa shape index (κ3) is 4.20. The Morgan fingerprint density at radius 1 is 0.591 bits per heavy atom. The fraction of sp³-hybridized carbons (Fsp3) is 0.0769. The molecule has 8 rings (SSSR count). The van der Waals surface area contributed by atoms with Gasteiger partial charge in [-0.3, -0.25) is 4.57 Å². The number of nitrogens with zero attached hydrogens (tertiary/aromatic N) is 4. The van der Waals surface area contributed by atoms with Crippen LogP contribution in [0.3, 0.4) is 0 Å². The summed E-state index contributed by atoms with van der Waals surface area (Å²) in [6, 6.07) is 48.3.